The molecular formula is C22H28N2O4S. The van der Waals surface area contributed by atoms with E-state index in [9.17, 15) is 13.2 Å². The number of carbonyl (C=O) groups excluding carboxylic acids is 1. The highest BCUT2D eigenvalue weighted by Gasteiger charge is 2.33. The fourth-order valence-corrected chi connectivity index (χ4v) is 5.18. The van der Waals surface area contributed by atoms with Crippen LogP contribution in [0.1, 0.15) is 43.4 Å². The Morgan fingerprint density at radius 1 is 1.24 bits per heavy atom. The van der Waals surface area contributed by atoms with Crippen LogP contribution in [0.2, 0.25) is 0 Å². The van der Waals surface area contributed by atoms with E-state index in [0.29, 0.717) is 17.9 Å². The van der Waals surface area contributed by atoms with Gasteiger partial charge in [-0.25, -0.2) is 8.42 Å². The molecule has 0 radical (unpaired) electrons. The second-order valence-electron chi connectivity index (χ2n) is 7.34. The molecule has 2 atom stereocenters. The molecule has 29 heavy (non-hydrogen) atoms. The zero-order chi connectivity index (χ0) is 21.0. The molecule has 156 valence electrons. The molecule has 3 rings (SSSR count). The van der Waals surface area contributed by atoms with Crippen LogP contribution in [0.5, 0.6) is 5.75 Å². The van der Waals surface area contributed by atoms with Crippen LogP contribution >= 0.6 is 0 Å². The first-order valence-electron chi connectivity index (χ1n) is 9.86. The summed E-state index contributed by atoms with van der Waals surface area (Å²) in [6, 6.07) is 13.9. The van der Waals surface area contributed by atoms with Gasteiger partial charge < -0.3 is 10.1 Å². The molecule has 6 nitrogen and oxygen atoms in total. The van der Waals surface area contributed by atoms with Crippen molar-refractivity contribution in [3.8, 4) is 5.75 Å². The van der Waals surface area contributed by atoms with E-state index in [1.807, 2.05) is 25.1 Å². The minimum atomic E-state index is -3.68. The monoisotopic (exact) mass is 416 g/mol. The number of aryl methyl sites for hydroxylation is 1. The molecule has 0 aromatic heterocycles. The first kappa shape index (κ1) is 21.2. The second-order valence-corrected chi connectivity index (χ2v) is 9.20. The first-order chi connectivity index (χ1) is 13.8. The van der Waals surface area contributed by atoms with E-state index in [1.165, 1.54) is 17.0 Å². The maximum absolute atomic E-state index is 13.2. The number of sulfonamides is 1. The highest BCUT2D eigenvalue weighted by molar-refractivity contribution is 7.92. The van der Waals surface area contributed by atoms with Crippen molar-refractivity contribution in [2.24, 2.45) is 0 Å². The lowest BCUT2D eigenvalue weighted by Gasteiger charge is -2.33. The topological polar surface area (TPSA) is 75.7 Å². The molecule has 0 saturated heterocycles. The number of nitrogens with one attached hydrogen (secondary N) is 1. The van der Waals surface area contributed by atoms with E-state index in [1.54, 1.807) is 24.3 Å². The standard InChI is InChI=1S/C22H28N2O4S/c1-4-21(24(29(3,26)27)17-11-8-12-18(15-17)28-2)22(25)23-20-14-7-10-16-9-5-6-13-19(16)20/h5-6,8-9,11-13,15,20-21H,4,7,10,14H2,1-3H3,(H,23,25). The summed E-state index contributed by atoms with van der Waals surface area (Å²) in [5.41, 5.74) is 2.77. The van der Waals surface area contributed by atoms with E-state index in [-0.39, 0.29) is 11.9 Å². The van der Waals surface area contributed by atoms with Gasteiger partial charge in [0.25, 0.3) is 0 Å². The number of benzene rings is 2. The van der Waals surface area contributed by atoms with Crippen molar-refractivity contribution < 1.29 is 17.9 Å². The van der Waals surface area contributed by atoms with Crippen LogP contribution in [0.25, 0.3) is 0 Å². The second kappa shape index (κ2) is 8.86. The molecule has 0 spiro atoms. The third-order valence-corrected chi connectivity index (χ3v) is 6.50. The number of hydrogen-bond donors (Lipinski definition) is 1. The molecule has 2 aromatic rings. The number of anilines is 1. The average molecular weight is 417 g/mol. The van der Waals surface area contributed by atoms with Crippen molar-refractivity contribution in [3.63, 3.8) is 0 Å². The SMILES string of the molecule is CCC(C(=O)NC1CCCc2ccccc21)N(c1cccc(OC)c1)S(C)(=O)=O. The van der Waals surface area contributed by atoms with E-state index < -0.39 is 16.1 Å². The highest BCUT2D eigenvalue weighted by atomic mass is 32.2. The molecule has 0 heterocycles. The van der Waals surface area contributed by atoms with Crippen molar-refractivity contribution in [1.29, 1.82) is 0 Å². The molecule has 0 fully saturated rings. The minimum Gasteiger partial charge on any atom is -0.497 e. The van der Waals surface area contributed by atoms with Crippen molar-refractivity contribution in [1.82, 2.24) is 5.32 Å². The number of methoxy groups -OCH3 is 1. The van der Waals surface area contributed by atoms with Crippen molar-refractivity contribution in [2.75, 3.05) is 17.7 Å². The average Bonchev–Trinajstić information content (AvgIpc) is 2.71. The Morgan fingerprint density at radius 3 is 2.69 bits per heavy atom. The Kier molecular flexibility index (Phi) is 6.47. The number of ether oxygens (including phenoxy) is 1. The molecule has 1 amide bonds. The van der Waals surface area contributed by atoms with Crippen LogP contribution in [-0.4, -0.2) is 33.7 Å². The first-order valence-corrected chi connectivity index (χ1v) is 11.7. The summed E-state index contributed by atoms with van der Waals surface area (Å²) >= 11 is 0. The molecule has 1 aliphatic rings. The van der Waals surface area contributed by atoms with Gasteiger partial charge in [0.2, 0.25) is 15.9 Å². The molecule has 0 aliphatic heterocycles. The summed E-state index contributed by atoms with van der Waals surface area (Å²) in [4.78, 5) is 13.2. The van der Waals surface area contributed by atoms with Crippen LogP contribution < -0.4 is 14.4 Å². The Balaban J connectivity index is 1.90. The summed E-state index contributed by atoms with van der Waals surface area (Å²) < 4.78 is 31.7. The van der Waals surface area contributed by atoms with E-state index in [2.05, 4.69) is 11.4 Å². The predicted octanol–water partition coefficient (Wildman–Crippen LogP) is 3.43. The van der Waals surface area contributed by atoms with Gasteiger partial charge in [0.05, 0.1) is 25.1 Å². The fraction of sp³-hybridized carbons (Fsp3) is 0.409. The molecular weight excluding hydrogens is 388 g/mol. The molecule has 0 saturated carbocycles. The zero-order valence-electron chi connectivity index (χ0n) is 17.1. The molecule has 7 heteroatoms. The quantitative estimate of drug-likeness (QED) is 0.750. The Hall–Kier alpha value is -2.54. The van der Waals surface area contributed by atoms with E-state index in [4.69, 9.17) is 4.74 Å². The molecule has 2 unspecified atom stereocenters. The molecule has 2 aromatic carbocycles. The van der Waals surface area contributed by atoms with Gasteiger partial charge in [-0.2, -0.15) is 0 Å². The minimum absolute atomic E-state index is 0.104. The molecule has 0 bridgehead atoms. The molecule has 1 N–H and O–H groups in total. The summed E-state index contributed by atoms with van der Waals surface area (Å²) in [6.45, 7) is 1.82. The van der Waals surface area contributed by atoms with Crippen LogP contribution in [0.4, 0.5) is 5.69 Å². The predicted molar refractivity (Wildman–Crippen MR) is 115 cm³/mol. The van der Waals surface area contributed by atoms with Crippen LogP contribution in [0.15, 0.2) is 48.5 Å². The van der Waals surface area contributed by atoms with Gasteiger partial charge in [0, 0.05) is 6.07 Å². The lowest BCUT2D eigenvalue weighted by Crippen LogP contribution is -2.50. The number of carbonyl (C=O) groups is 1. The van der Waals surface area contributed by atoms with Gasteiger partial charge in [-0.1, -0.05) is 37.3 Å². The number of hydrogen-bond acceptors (Lipinski definition) is 4. The van der Waals surface area contributed by atoms with E-state index >= 15 is 0 Å². The lowest BCUT2D eigenvalue weighted by atomic mass is 9.87. The summed E-state index contributed by atoms with van der Waals surface area (Å²) in [6.07, 6.45) is 4.31. The van der Waals surface area contributed by atoms with Crippen molar-refractivity contribution in [3.05, 3.63) is 59.7 Å². The Labute approximate surface area is 172 Å². The third kappa shape index (κ3) is 4.72. The smallest absolute Gasteiger partial charge is 0.244 e. The van der Waals surface area contributed by atoms with Crippen LogP contribution in [0, 0.1) is 0 Å². The lowest BCUT2D eigenvalue weighted by molar-refractivity contribution is -0.123. The Bertz CT molecular complexity index is 974. The number of fused-ring (bicyclic) bond motifs is 1. The van der Waals surface area contributed by atoms with Gasteiger partial charge in [-0.3, -0.25) is 9.10 Å². The largest absolute Gasteiger partial charge is 0.497 e. The van der Waals surface area contributed by atoms with Crippen LogP contribution in [0.3, 0.4) is 0 Å². The van der Waals surface area contributed by atoms with Crippen molar-refractivity contribution >= 4 is 21.6 Å². The van der Waals surface area contributed by atoms with Gasteiger partial charge in [0.1, 0.15) is 11.8 Å². The third-order valence-electron chi connectivity index (χ3n) is 5.32. The number of rotatable bonds is 7. The summed E-state index contributed by atoms with van der Waals surface area (Å²) in [5.74, 6) is 0.245. The normalized spacial score (nSPS) is 17.1. The highest BCUT2D eigenvalue weighted by Crippen LogP contribution is 2.31. The summed E-state index contributed by atoms with van der Waals surface area (Å²) in [5, 5.41) is 3.10. The fourth-order valence-electron chi connectivity index (χ4n) is 3.98. The Morgan fingerprint density at radius 2 is 2.00 bits per heavy atom. The number of amides is 1. The number of nitrogens with zero attached hydrogens (tertiary/aromatic N) is 1. The van der Waals surface area contributed by atoms with Gasteiger partial charge in [-0.15, -0.1) is 0 Å². The van der Waals surface area contributed by atoms with Gasteiger partial charge >= 0.3 is 0 Å². The maximum Gasteiger partial charge on any atom is 0.244 e. The summed E-state index contributed by atoms with van der Waals surface area (Å²) in [7, 11) is -2.16. The maximum atomic E-state index is 13.2. The van der Waals surface area contributed by atoms with Crippen LogP contribution in [-0.2, 0) is 21.2 Å². The zero-order valence-corrected chi connectivity index (χ0v) is 17.9. The molecule has 1 aliphatic carbocycles. The van der Waals surface area contributed by atoms with E-state index in [0.717, 1.165) is 31.1 Å². The van der Waals surface area contributed by atoms with Crippen molar-refractivity contribution in [2.45, 2.75) is 44.7 Å². The van der Waals surface area contributed by atoms with Gasteiger partial charge in [0.15, 0.2) is 0 Å². The van der Waals surface area contributed by atoms with Gasteiger partial charge in [-0.05, 0) is 48.9 Å².